The Hall–Kier alpha value is -2.19. The minimum atomic E-state index is 0.305. The predicted octanol–water partition coefficient (Wildman–Crippen LogP) is 5.12. The van der Waals surface area contributed by atoms with Crippen molar-refractivity contribution in [2.45, 2.75) is 13.5 Å². The number of nitrogens with one attached hydrogen (secondary N) is 1. The van der Waals surface area contributed by atoms with E-state index < -0.39 is 0 Å². The van der Waals surface area contributed by atoms with Crippen molar-refractivity contribution in [2.24, 2.45) is 0 Å². The van der Waals surface area contributed by atoms with Crippen molar-refractivity contribution >= 4 is 28.1 Å². The lowest BCUT2D eigenvalue weighted by molar-refractivity contribution is 0.470. The molecule has 0 aliphatic carbocycles. The van der Waals surface area contributed by atoms with Gasteiger partial charge in [-0.2, -0.15) is 0 Å². The zero-order valence-electron chi connectivity index (χ0n) is 11.7. The smallest absolute Gasteiger partial charge is 0.121 e. The van der Waals surface area contributed by atoms with Crippen LogP contribution in [0.5, 0.6) is 5.75 Å². The molecule has 0 radical (unpaired) electrons. The number of hydrogen-bond donors (Lipinski definition) is 2. The number of fused-ring (bicyclic) bond motifs is 1. The summed E-state index contributed by atoms with van der Waals surface area (Å²) >= 11 is 6.13. The molecule has 0 amide bonds. The topological polar surface area (TPSA) is 32.3 Å². The Morgan fingerprint density at radius 1 is 1.05 bits per heavy atom. The van der Waals surface area contributed by atoms with Crippen LogP contribution in [0.25, 0.3) is 10.8 Å². The van der Waals surface area contributed by atoms with Crippen molar-refractivity contribution in [1.29, 1.82) is 0 Å². The van der Waals surface area contributed by atoms with Crippen LogP contribution in [-0.2, 0) is 6.54 Å². The second-order valence-electron chi connectivity index (χ2n) is 5.10. The third-order valence-corrected chi connectivity index (χ3v) is 4.06. The third-order valence-electron chi connectivity index (χ3n) is 3.66. The minimum absolute atomic E-state index is 0.305. The fourth-order valence-electron chi connectivity index (χ4n) is 2.40. The largest absolute Gasteiger partial charge is 0.508 e. The lowest BCUT2D eigenvalue weighted by Crippen LogP contribution is -2.00. The highest BCUT2D eigenvalue weighted by molar-refractivity contribution is 6.31. The van der Waals surface area contributed by atoms with Gasteiger partial charge in [0.15, 0.2) is 0 Å². The summed E-state index contributed by atoms with van der Waals surface area (Å²) in [5.41, 5.74) is 2.89. The molecule has 0 saturated heterocycles. The van der Waals surface area contributed by atoms with E-state index in [2.05, 4.69) is 5.32 Å². The first-order valence-corrected chi connectivity index (χ1v) is 7.22. The van der Waals surface area contributed by atoms with E-state index in [1.165, 1.54) is 0 Å². The molecule has 3 heteroatoms. The normalized spacial score (nSPS) is 10.8. The predicted molar refractivity (Wildman–Crippen MR) is 89.1 cm³/mol. The van der Waals surface area contributed by atoms with E-state index in [1.807, 2.05) is 55.5 Å². The number of phenols is 1. The van der Waals surface area contributed by atoms with Crippen LogP contribution in [0.2, 0.25) is 5.02 Å². The first-order chi connectivity index (χ1) is 10.1. The van der Waals surface area contributed by atoms with E-state index in [0.717, 1.165) is 32.6 Å². The number of hydrogen-bond acceptors (Lipinski definition) is 2. The van der Waals surface area contributed by atoms with Gasteiger partial charge in [-0.3, -0.25) is 0 Å². The molecule has 3 aromatic carbocycles. The number of benzene rings is 3. The molecule has 0 spiro atoms. The molecule has 3 aromatic rings. The molecule has 106 valence electrons. The lowest BCUT2D eigenvalue weighted by Gasteiger charge is -2.12. The van der Waals surface area contributed by atoms with Gasteiger partial charge in [-0.25, -0.2) is 0 Å². The van der Waals surface area contributed by atoms with Crippen LogP contribution in [0.15, 0.2) is 54.6 Å². The van der Waals surface area contributed by atoms with Crippen LogP contribution in [-0.4, -0.2) is 5.11 Å². The van der Waals surface area contributed by atoms with E-state index in [9.17, 15) is 5.11 Å². The Bertz CT molecular complexity index is 798. The van der Waals surface area contributed by atoms with Gasteiger partial charge in [0.05, 0.1) is 0 Å². The average molecular weight is 298 g/mol. The van der Waals surface area contributed by atoms with Crippen molar-refractivity contribution in [3.8, 4) is 5.75 Å². The molecule has 0 fully saturated rings. The Morgan fingerprint density at radius 2 is 1.86 bits per heavy atom. The maximum absolute atomic E-state index is 10.1. The maximum atomic E-state index is 10.1. The Kier molecular flexibility index (Phi) is 3.72. The van der Waals surface area contributed by atoms with Crippen LogP contribution in [0, 0.1) is 6.92 Å². The molecule has 3 rings (SSSR count). The summed E-state index contributed by atoms with van der Waals surface area (Å²) in [5.74, 6) is 0.305. The van der Waals surface area contributed by atoms with Gasteiger partial charge in [-0.15, -0.1) is 0 Å². The summed E-state index contributed by atoms with van der Waals surface area (Å²) in [6, 6.07) is 17.6. The van der Waals surface area contributed by atoms with Gasteiger partial charge < -0.3 is 10.4 Å². The van der Waals surface area contributed by atoms with Crippen molar-refractivity contribution in [2.75, 3.05) is 5.32 Å². The van der Waals surface area contributed by atoms with Gasteiger partial charge in [0.2, 0.25) is 0 Å². The second-order valence-corrected chi connectivity index (χ2v) is 5.51. The first-order valence-electron chi connectivity index (χ1n) is 6.85. The Labute approximate surface area is 129 Å². The van der Waals surface area contributed by atoms with Crippen LogP contribution < -0.4 is 5.32 Å². The summed E-state index contributed by atoms with van der Waals surface area (Å²) in [6.45, 7) is 2.52. The fourth-order valence-corrected chi connectivity index (χ4v) is 2.58. The molecule has 0 atom stereocenters. The number of anilines is 1. The van der Waals surface area contributed by atoms with E-state index in [4.69, 9.17) is 11.6 Å². The molecule has 2 N–H and O–H groups in total. The molecule has 0 aliphatic rings. The van der Waals surface area contributed by atoms with Gasteiger partial charge in [0, 0.05) is 22.8 Å². The molecular formula is C18H16ClNO. The molecular weight excluding hydrogens is 282 g/mol. The van der Waals surface area contributed by atoms with Gasteiger partial charge in [0.25, 0.3) is 0 Å². The van der Waals surface area contributed by atoms with Gasteiger partial charge in [-0.05, 0) is 41.5 Å². The average Bonchev–Trinajstić information content (AvgIpc) is 2.50. The van der Waals surface area contributed by atoms with Crippen LogP contribution >= 0.6 is 11.6 Å². The molecule has 0 bridgehead atoms. The molecule has 2 nitrogen and oxygen atoms in total. The van der Waals surface area contributed by atoms with Gasteiger partial charge >= 0.3 is 0 Å². The summed E-state index contributed by atoms with van der Waals surface area (Å²) in [4.78, 5) is 0. The number of aromatic hydroxyl groups is 1. The molecule has 0 aromatic heterocycles. The van der Waals surface area contributed by atoms with Gasteiger partial charge in [-0.1, -0.05) is 48.0 Å². The minimum Gasteiger partial charge on any atom is -0.508 e. The van der Waals surface area contributed by atoms with Crippen molar-refractivity contribution < 1.29 is 5.11 Å². The van der Waals surface area contributed by atoms with Crippen LogP contribution in [0.4, 0.5) is 5.69 Å². The van der Waals surface area contributed by atoms with Crippen molar-refractivity contribution in [1.82, 2.24) is 0 Å². The van der Waals surface area contributed by atoms with E-state index in [1.54, 1.807) is 6.07 Å². The van der Waals surface area contributed by atoms with Crippen molar-refractivity contribution in [3.63, 3.8) is 0 Å². The Balaban J connectivity index is 1.91. The number of rotatable bonds is 3. The highest BCUT2D eigenvalue weighted by Gasteiger charge is 2.07. The SMILES string of the molecule is Cc1ccc(NCc2c(O)ccc3ccccc23)cc1Cl. The standard InChI is InChI=1S/C18H16ClNO/c1-12-6-8-14(10-17(12)19)20-11-16-15-5-3-2-4-13(15)7-9-18(16)21/h2-10,20-21H,11H2,1H3. The first kappa shape index (κ1) is 13.8. The number of halogens is 1. The zero-order chi connectivity index (χ0) is 14.8. The summed E-state index contributed by atoms with van der Waals surface area (Å²) in [5, 5.41) is 16.4. The van der Waals surface area contributed by atoms with Gasteiger partial charge in [0.1, 0.15) is 5.75 Å². The molecule has 21 heavy (non-hydrogen) atoms. The fraction of sp³-hybridized carbons (Fsp3) is 0.111. The molecule has 0 heterocycles. The number of phenolic OH excluding ortho intramolecular Hbond substituents is 1. The zero-order valence-corrected chi connectivity index (χ0v) is 12.5. The van der Waals surface area contributed by atoms with E-state index in [-0.39, 0.29) is 0 Å². The lowest BCUT2D eigenvalue weighted by atomic mass is 10.0. The quantitative estimate of drug-likeness (QED) is 0.703. The summed E-state index contributed by atoms with van der Waals surface area (Å²) in [6.07, 6.45) is 0. The molecule has 0 aliphatic heterocycles. The summed E-state index contributed by atoms with van der Waals surface area (Å²) in [7, 11) is 0. The van der Waals surface area contributed by atoms with E-state index in [0.29, 0.717) is 12.3 Å². The Morgan fingerprint density at radius 3 is 2.67 bits per heavy atom. The maximum Gasteiger partial charge on any atom is 0.121 e. The number of aryl methyl sites for hydroxylation is 1. The third kappa shape index (κ3) is 2.81. The molecule has 0 unspecified atom stereocenters. The monoisotopic (exact) mass is 297 g/mol. The summed E-state index contributed by atoms with van der Waals surface area (Å²) < 4.78 is 0. The second kappa shape index (κ2) is 5.66. The van der Waals surface area contributed by atoms with Crippen LogP contribution in [0.3, 0.4) is 0 Å². The highest BCUT2D eigenvalue weighted by Crippen LogP contribution is 2.28. The molecule has 0 saturated carbocycles. The van der Waals surface area contributed by atoms with Crippen molar-refractivity contribution in [3.05, 3.63) is 70.7 Å². The van der Waals surface area contributed by atoms with E-state index >= 15 is 0 Å². The highest BCUT2D eigenvalue weighted by atomic mass is 35.5. The van der Waals surface area contributed by atoms with Crippen LogP contribution in [0.1, 0.15) is 11.1 Å².